The van der Waals surface area contributed by atoms with Crippen molar-refractivity contribution < 1.29 is 9.15 Å². The molecular weight excluding hydrogens is 360 g/mol. The van der Waals surface area contributed by atoms with Gasteiger partial charge in [-0.05, 0) is 48.9 Å². The van der Waals surface area contributed by atoms with Gasteiger partial charge >= 0.3 is 0 Å². The molecule has 0 saturated carbocycles. The van der Waals surface area contributed by atoms with Crippen molar-refractivity contribution in [3.63, 3.8) is 0 Å². The third kappa shape index (κ3) is 3.88. The van der Waals surface area contributed by atoms with E-state index < -0.39 is 0 Å². The molecule has 0 atom stereocenters. The molecule has 0 aliphatic carbocycles. The van der Waals surface area contributed by atoms with Gasteiger partial charge in [-0.15, -0.1) is 10.2 Å². The Morgan fingerprint density at radius 1 is 1.11 bits per heavy atom. The average Bonchev–Trinajstić information content (AvgIpc) is 3.36. The lowest BCUT2D eigenvalue weighted by atomic mass is 10.2. The first-order valence-corrected chi connectivity index (χ1v) is 9.41. The number of aryl methyl sites for hydroxylation is 1. The smallest absolute Gasteiger partial charge is 0.247 e. The molecule has 7 heteroatoms. The summed E-state index contributed by atoms with van der Waals surface area (Å²) in [6, 6.07) is 15.8. The molecular formula is C20H18N4O2S. The second-order valence-corrected chi connectivity index (χ2v) is 6.88. The molecule has 0 radical (unpaired) electrons. The summed E-state index contributed by atoms with van der Waals surface area (Å²) in [5.74, 6) is 2.39. The van der Waals surface area contributed by atoms with Crippen LogP contribution in [0.25, 0.3) is 17.1 Å². The monoisotopic (exact) mass is 378 g/mol. The number of benzene rings is 2. The Labute approximate surface area is 161 Å². The predicted octanol–water partition coefficient (Wildman–Crippen LogP) is 4.53. The van der Waals surface area contributed by atoms with Gasteiger partial charge in [-0.3, -0.25) is 4.57 Å². The summed E-state index contributed by atoms with van der Waals surface area (Å²) in [4.78, 5) is 4.44. The zero-order chi connectivity index (χ0) is 18.6. The zero-order valence-corrected chi connectivity index (χ0v) is 15.8. The summed E-state index contributed by atoms with van der Waals surface area (Å²) in [5, 5.41) is 9.16. The molecule has 2 heterocycles. The van der Waals surface area contributed by atoms with Crippen molar-refractivity contribution in [3.05, 3.63) is 72.4 Å². The maximum atomic E-state index is 5.79. The molecule has 2 aromatic carbocycles. The van der Waals surface area contributed by atoms with E-state index in [9.17, 15) is 0 Å². The minimum absolute atomic E-state index is 0.496. The van der Waals surface area contributed by atoms with Crippen molar-refractivity contribution >= 4 is 11.8 Å². The average molecular weight is 378 g/mol. The Morgan fingerprint density at radius 2 is 1.96 bits per heavy atom. The lowest BCUT2D eigenvalue weighted by molar-refractivity contribution is 0.415. The van der Waals surface area contributed by atoms with Crippen LogP contribution in [0.5, 0.6) is 5.75 Å². The molecule has 0 aliphatic heterocycles. The largest absolute Gasteiger partial charge is 0.497 e. The van der Waals surface area contributed by atoms with Crippen molar-refractivity contribution in [1.29, 1.82) is 0 Å². The van der Waals surface area contributed by atoms with E-state index in [1.54, 1.807) is 25.1 Å². The van der Waals surface area contributed by atoms with Crippen molar-refractivity contribution in [3.8, 4) is 22.9 Å². The molecule has 27 heavy (non-hydrogen) atoms. The highest BCUT2D eigenvalue weighted by Gasteiger charge is 2.12. The molecule has 0 N–H and O–H groups in total. The maximum Gasteiger partial charge on any atom is 0.247 e. The van der Waals surface area contributed by atoms with E-state index in [4.69, 9.17) is 9.15 Å². The fraction of sp³-hybridized carbons (Fsp3) is 0.150. The third-order valence-electron chi connectivity index (χ3n) is 4.02. The van der Waals surface area contributed by atoms with Crippen molar-refractivity contribution in [2.75, 3.05) is 7.11 Å². The number of rotatable bonds is 6. The number of ether oxygens (including phenoxy) is 1. The van der Waals surface area contributed by atoms with Gasteiger partial charge in [-0.1, -0.05) is 23.9 Å². The molecule has 2 aromatic heterocycles. The van der Waals surface area contributed by atoms with Crippen LogP contribution in [-0.4, -0.2) is 26.9 Å². The SMILES string of the molecule is COc1ccc(-c2nnc(CSc3nccn3-c3cccc(C)c3)o2)cc1. The molecule has 0 spiro atoms. The summed E-state index contributed by atoms with van der Waals surface area (Å²) >= 11 is 1.56. The molecule has 0 aliphatic rings. The molecule has 0 amide bonds. The van der Waals surface area contributed by atoms with Crippen LogP contribution in [0.15, 0.2) is 70.5 Å². The Bertz CT molecular complexity index is 1040. The van der Waals surface area contributed by atoms with E-state index >= 15 is 0 Å². The van der Waals surface area contributed by atoms with Gasteiger partial charge in [0.15, 0.2) is 5.16 Å². The first kappa shape index (κ1) is 17.4. The van der Waals surface area contributed by atoms with Crippen LogP contribution < -0.4 is 4.74 Å². The Kier molecular flexibility index (Phi) is 4.93. The molecule has 0 saturated heterocycles. The molecule has 136 valence electrons. The maximum absolute atomic E-state index is 5.79. The van der Waals surface area contributed by atoms with Crippen LogP contribution in [0.4, 0.5) is 0 Å². The predicted molar refractivity (Wildman–Crippen MR) is 104 cm³/mol. The summed E-state index contributed by atoms with van der Waals surface area (Å²) in [6.45, 7) is 2.08. The Morgan fingerprint density at radius 3 is 2.74 bits per heavy atom. The van der Waals surface area contributed by atoms with Crippen molar-refractivity contribution in [1.82, 2.24) is 19.7 Å². The minimum Gasteiger partial charge on any atom is -0.497 e. The number of methoxy groups -OCH3 is 1. The minimum atomic E-state index is 0.496. The number of aromatic nitrogens is 4. The number of hydrogen-bond acceptors (Lipinski definition) is 6. The zero-order valence-electron chi connectivity index (χ0n) is 15.0. The van der Waals surface area contributed by atoms with Crippen LogP contribution in [0, 0.1) is 6.92 Å². The van der Waals surface area contributed by atoms with Gasteiger partial charge in [0, 0.05) is 23.6 Å². The quantitative estimate of drug-likeness (QED) is 0.459. The van der Waals surface area contributed by atoms with Crippen LogP contribution in [0.3, 0.4) is 0 Å². The van der Waals surface area contributed by atoms with Crippen LogP contribution in [-0.2, 0) is 5.75 Å². The standard InChI is InChI=1S/C20H18N4O2S/c1-14-4-3-5-16(12-14)24-11-10-21-20(24)27-13-18-22-23-19(26-18)15-6-8-17(25-2)9-7-15/h3-12H,13H2,1-2H3. The van der Waals surface area contributed by atoms with Gasteiger partial charge in [0.2, 0.25) is 11.8 Å². The van der Waals surface area contributed by atoms with Gasteiger partial charge in [0.25, 0.3) is 0 Å². The highest BCUT2D eigenvalue weighted by Crippen LogP contribution is 2.26. The number of hydrogen-bond donors (Lipinski definition) is 0. The molecule has 0 unspecified atom stereocenters. The summed E-state index contributed by atoms with van der Waals surface area (Å²) in [6.07, 6.45) is 3.75. The number of nitrogens with zero attached hydrogens (tertiary/aromatic N) is 4. The first-order chi connectivity index (χ1) is 13.2. The van der Waals surface area contributed by atoms with Gasteiger partial charge in [-0.25, -0.2) is 4.98 Å². The van der Waals surface area contributed by atoms with Crippen LogP contribution in [0.2, 0.25) is 0 Å². The molecule has 4 rings (SSSR count). The van der Waals surface area contributed by atoms with Crippen LogP contribution >= 0.6 is 11.8 Å². The summed E-state index contributed by atoms with van der Waals surface area (Å²) < 4.78 is 13.0. The van der Waals surface area contributed by atoms with E-state index in [1.165, 1.54) is 5.56 Å². The normalized spacial score (nSPS) is 10.9. The van der Waals surface area contributed by atoms with Gasteiger partial charge < -0.3 is 9.15 Å². The Balaban J connectivity index is 1.47. The lowest BCUT2D eigenvalue weighted by Crippen LogP contribution is -1.95. The highest BCUT2D eigenvalue weighted by atomic mass is 32.2. The van der Waals surface area contributed by atoms with Crippen molar-refractivity contribution in [2.24, 2.45) is 0 Å². The van der Waals surface area contributed by atoms with E-state index in [-0.39, 0.29) is 0 Å². The van der Waals surface area contributed by atoms with Crippen molar-refractivity contribution in [2.45, 2.75) is 17.8 Å². The van der Waals surface area contributed by atoms with Gasteiger partial charge in [0.1, 0.15) is 5.75 Å². The highest BCUT2D eigenvalue weighted by molar-refractivity contribution is 7.98. The van der Waals surface area contributed by atoms with Gasteiger partial charge in [0.05, 0.1) is 12.9 Å². The fourth-order valence-corrected chi connectivity index (χ4v) is 3.47. The third-order valence-corrected chi connectivity index (χ3v) is 4.97. The fourth-order valence-electron chi connectivity index (χ4n) is 2.66. The molecule has 6 nitrogen and oxygen atoms in total. The molecule has 0 bridgehead atoms. The van der Waals surface area contributed by atoms with Gasteiger partial charge in [-0.2, -0.15) is 0 Å². The number of imidazole rings is 1. The van der Waals surface area contributed by atoms with E-state index in [1.807, 2.05) is 36.5 Å². The molecule has 4 aromatic rings. The first-order valence-electron chi connectivity index (χ1n) is 8.43. The number of thioether (sulfide) groups is 1. The summed E-state index contributed by atoms with van der Waals surface area (Å²) in [5.41, 5.74) is 3.15. The van der Waals surface area contributed by atoms with Crippen LogP contribution in [0.1, 0.15) is 11.5 Å². The van der Waals surface area contributed by atoms with E-state index in [0.717, 1.165) is 22.2 Å². The molecule has 0 fully saturated rings. The van der Waals surface area contributed by atoms with E-state index in [2.05, 4.69) is 44.9 Å². The Hall–Kier alpha value is -3.06. The second-order valence-electron chi connectivity index (χ2n) is 5.94. The summed E-state index contributed by atoms with van der Waals surface area (Å²) in [7, 11) is 1.64. The van der Waals surface area contributed by atoms with E-state index in [0.29, 0.717) is 17.5 Å². The topological polar surface area (TPSA) is 66.0 Å². The lowest BCUT2D eigenvalue weighted by Gasteiger charge is -2.07. The second kappa shape index (κ2) is 7.67.